The lowest BCUT2D eigenvalue weighted by Gasteiger charge is -2.22. The third-order valence-electron chi connectivity index (χ3n) is 4.97. The van der Waals surface area contributed by atoms with Crippen molar-refractivity contribution < 1.29 is 14.2 Å². The van der Waals surface area contributed by atoms with E-state index in [1.165, 1.54) is 5.56 Å². The Morgan fingerprint density at radius 2 is 2.00 bits per heavy atom. The Kier molecular flexibility index (Phi) is 10.8. The number of hydrogen-bond acceptors (Lipinski definition) is 5. The van der Waals surface area contributed by atoms with Gasteiger partial charge in [0.25, 0.3) is 0 Å². The molecule has 1 N–H and O–H groups in total. The summed E-state index contributed by atoms with van der Waals surface area (Å²) in [6.07, 6.45) is 2.16. The van der Waals surface area contributed by atoms with E-state index >= 15 is 0 Å². The molecule has 1 heterocycles. The topological polar surface area (TPSA) is 58.6 Å². The molecule has 1 fully saturated rings. The molecule has 1 aliphatic rings. The third kappa shape index (κ3) is 9.02. The van der Waals surface area contributed by atoms with Crippen LogP contribution in [0.15, 0.2) is 29.3 Å². The second-order valence-electron chi connectivity index (χ2n) is 7.72. The Balaban J connectivity index is 1.69. The summed E-state index contributed by atoms with van der Waals surface area (Å²) in [5.41, 5.74) is 1.21. The monoisotopic (exact) mass is 406 g/mol. The van der Waals surface area contributed by atoms with Gasteiger partial charge in [-0.05, 0) is 44.6 Å². The first kappa shape index (κ1) is 23.4. The highest BCUT2D eigenvalue weighted by Gasteiger charge is 2.24. The van der Waals surface area contributed by atoms with Crippen LogP contribution in [0.5, 0.6) is 5.75 Å². The Bertz CT molecular complexity index is 592. The van der Waals surface area contributed by atoms with Crippen LogP contribution in [-0.4, -0.2) is 90.1 Å². The van der Waals surface area contributed by atoms with Gasteiger partial charge in [-0.25, -0.2) is 0 Å². The van der Waals surface area contributed by atoms with E-state index in [0.717, 1.165) is 63.9 Å². The van der Waals surface area contributed by atoms with Crippen LogP contribution in [0.3, 0.4) is 0 Å². The van der Waals surface area contributed by atoms with E-state index in [2.05, 4.69) is 46.3 Å². The minimum Gasteiger partial charge on any atom is -0.494 e. The molecule has 0 spiro atoms. The third-order valence-corrected chi connectivity index (χ3v) is 4.97. The van der Waals surface area contributed by atoms with Crippen LogP contribution >= 0.6 is 0 Å². The summed E-state index contributed by atoms with van der Waals surface area (Å²) in [7, 11) is 7.70. The van der Waals surface area contributed by atoms with Gasteiger partial charge >= 0.3 is 0 Å². The Labute approximate surface area is 176 Å². The quantitative estimate of drug-likeness (QED) is 0.326. The first-order valence-electron chi connectivity index (χ1n) is 10.5. The summed E-state index contributed by atoms with van der Waals surface area (Å²) in [6.45, 7) is 6.62. The van der Waals surface area contributed by atoms with Crippen molar-refractivity contribution in [1.29, 1.82) is 0 Å². The second kappa shape index (κ2) is 13.4. The highest BCUT2D eigenvalue weighted by atomic mass is 16.5. The SMILES string of the molecule is CN=C(NCc1ccc(OCCCN(C)C)cc1)N1CCC(COCCOC)C1. The predicted octanol–water partition coefficient (Wildman–Crippen LogP) is 2.08. The number of benzene rings is 1. The average Bonchev–Trinajstić information content (AvgIpc) is 3.19. The van der Waals surface area contributed by atoms with E-state index in [-0.39, 0.29) is 0 Å². The van der Waals surface area contributed by atoms with Crippen LogP contribution in [0, 0.1) is 5.92 Å². The Hall–Kier alpha value is -1.83. The Morgan fingerprint density at radius 3 is 2.69 bits per heavy atom. The maximum absolute atomic E-state index is 5.80. The van der Waals surface area contributed by atoms with Gasteiger partial charge in [0, 0.05) is 46.3 Å². The number of guanidine groups is 1. The number of ether oxygens (including phenoxy) is 3. The van der Waals surface area contributed by atoms with Crippen molar-refractivity contribution in [2.75, 3.05) is 74.3 Å². The number of methoxy groups -OCH3 is 1. The van der Waals surface area contributed by atoms with Crippen LogP contribution in [0.25, 0.3) is 0 Å². The van der Waals surface area contributed by atoms with Gasteiger partial charge in [-0.2, -0.15) is 0 Å². The first-order chi connectivity index (χ1) is 14.1. The van der Waals surface area contributed by atoms with E-state index in [1.807, 2.05) is 19.2 Å². The maximum atomic E-state index is 5.80. The summed E-state index contributed by atoms with van der Waals surface area (Å²) in [5, 5.41) is 3.48. The molecule has 7 nitrogen and oxygen atoms in total. The first-order valence-corrected chi connectivity index (χ1v) is 10.5. The van der Waals surface area contributed by atoms with Crippen molar-refractivity contribution in [1.82, 2.24) is 15.1 Å². The molecule has 164 valence electrons. The minimum absolute atomic E-state index is 0.550. The van der Waals surface area contributed by atoms with E-state index in [9.17, 15) is 0 Å². The van der Waals surface area contributed by atoms with Gasteiger partial charge in [0.15, 0.2) is 5.96 Å². The number of aliphatic imine (C=N–C) groups is 1. The maximum Gasteiger partial charge on any atom is 0.193 e. The second-order valence-corrected chi connectivity index (χ2v) is 7.72. The van der Waals surface area contributed by atoms with Crippen molar-refractivity contribution in [3.8, 4) is 5.75 Å². The zero-order valence-corrected chi connectivity index (χ0v) is 18.5. The van der Waals surface area contributed by atoms with E-state index in [4.69, 9.17) is 14.2 Å². The van der Waals surface area contributed by atoms with Crippen LogP contribution in [-0.2, 0) is 16.0 Å². The molecular formula is C22H38N4O3. The molecular weight excluding hydrogens is 368 g/mol. The molecule has 1 aromatic carbocycles. The van der Waals surface area contributed by atoms with Crippen LogP contribution in [0.4, 0.5) is 0 Å². The van der Waals surface area contributed by atoms with E-state index in [0.29, 0.717) is 19.1 Å². The summed E-state index contributed by atoms with van der Waals surface area (Å²) >= 11 is 0. The van der Waals surface area contributed by atoms with Crippen molar-refractivity contribution in [3.63, 3.8) is 0 Å². The average molecular weight is 407 g/mol. The molecule has 0 aromatic heterocycles. The molecule has 0 saturated carbocycles. The van der Waals surface area contributed by atoms with Crippen LogP contribution < -0.4 is 10.1 Å². The lowest BCUT2D eigenvalue weighted by Crippen LogP contribution is -2.39. The normalized spacial score (nSPS) is 17.2. The van der Waals surface area contributed by atoms with Crippen LogP contribution in [0.1, 0.15) is 18.4 Å². The van der Waals surface area contributed by atoms with Crippen molar-refractivity contribution in [2.45, 2.75) is 19.4 Å². The number of rotatable bonds is 12. The van der Waals surface area contributed by atoms with Gasteiger partial charge in [0.05, 0.1) is 26.4 Å². The lowest BCUT2D eigenvalue weighted by atomic mass is 10.1. The number of likely N-dealkylation sites (tertiary alicyclic amines) is 1. The van der Waals surface area contributed by atoms with Crippen molar-refractivity contribution in [2.24, 2.45) is 10.9 Å². The van der Waals surface area contributed by atoms with Gasteiger partial charge in [-0.15, -0.1) is 0 Å². The summed E-state index contributed by atoms with van der Waals surface area (Å²) in [4.78, 5) is 8.93. The summed E-state index contributed by atoms with van der Waals surface area (Å²) in [6, 6.07) is 8.30. The number of nitrogens with zero attached hydrogens (tertiary/aromatic N) is 3. The highest BCUT2D eigenvalue weighted by Crippen LogP contribution is 2.17. The zero-order valence-electron chi connectivity index (χ0n) is 18.5. The summed E-state index contributed by atoms with van der Waals surface area (Å²) < 4.78 is 16.5. The number of hydrogen-bond donors (Lipinski definition) is 1. The van der Waals surface area contributed by atoms with E-state index in [1.54, 1.807) is 7.11 Å². The fourth-order valence-corrected chi connectivity index (χ4v) is 3.34. The number of nitrogens with one attached hydrogen (secondary N) is 1. The van der Waals surface area contributed by atoms with Crippen molar-refractivity contribution in [3.05, 3.63) is 29.8 Å². The fourth-order valence-electron chi connectivity index (χ4n) is 3.34. The predicted molar refractivity (Wildman–Crippen MR) is 118 cm³/mol. The molecule has 0 amide bonds. The zero-order chi connectivity index (χ0) is 20.9. The minimum atomic E-state index is 0.550. The molecule has 1 aliphatic heterocycles. The van der Waals surface area contributed by atoms with Gasteiger partial charge < -0.3 is 29.3 Å². The largest absolute Gasteiger partial charge is 0.494 e. The van der Waals surface area contributed by atoms with Gasteiger partial charge in [0.1, 0.15) is 5.75 Å². The van der Waals surface area contributed by atoms with Gasteiger partial charge in [-0.3, -0.25) is 4.99 Å². The van der Waals surface area contributed by atoms with Crippen LogP contribution in [0.2, 0.25) is 0 Å². The van der Waals surface area contributed by atoms with Gasteiger partial charge in [0.2, 0.25) is 0 Å². The molecule has 2 rings (SSSR count). The molecule has 0 radical (unpaired) electrons. The Morgan fingerprint density at radius 1 is 1.21 bits per heavy atom. The molecule has 0 bridgehead atoms. The van der Waals surface area contributed by atoms with Gasteiger partial charge in [-0.1, -0.05) is 12.1 Å². The molecule has 7 heteroatoms. The lowest BCUT2D eigenvalue weighted by molar-refractivity contribution is 0.0536. The van der Waals surface area contributed by atoms with Crippen molar-refractivity contribution >= 4 is 5.96 Å². The molecule has 29 heavy (non-hydrogen) atoms. The standard InChI is InChI=1S/C22H38N4O3/c1-23-22(26-12-10-20(17-26)18-28-15-14-27-4)24-16-19-6-8-21(9-7-19)29-13-5-11-25(2)3/h6-9,20H,5,10-18H2,1-4H3,(H,23,24). The summed E-state index contributed by atoms with van der Waals surface area (Å²) in [5.74, 6) is 2.43. The molecule has 1 saturated heterocycles. The molecule has 1 atom stereocenters. The van der Waals surface area contributed by atoms with E-state index < -0.39 is 0 Å². The molecule has 0 aliphatic carbocycles. The molecule has 1 unspecified atom stereocenters. The smallest absolute Gasteiger partial charge is 0.193 e. The highest BCUT2D eigenvalue weighted by molar-refractivity contribution is 5.80. The fraction of sp³-hybridized carbons (Fsp3) is 0.682. The molecule has 1 aromatic rings.